The molecule has 23 heavy (non-hydrogen) atoms. The minimum atomic E-state index is -1.04. The van der Waals surface area contributed by atoms with Gasteiger partial charge in [-0.15, -0.1) is 11.3 Å². The number of hydrogen-bond acceptors (Lipinski definition) is 6. The van der Waals surface area contributed by atoms with Crippen LogP contribution >= 0.6 is 11.3 Å². The molecule has 7 nitrogen and oxygen atoms in total. The molecule has 3 rings (SSSR count). The van der Waals surface area contributed by atoms with Gasteiger partial charge in [-0.2, -0.15) is 0 Å². The zero-order valence-corrected chi connectivity index (χ0v) is 13.5. The first kappa shape index (κ1) is 16.4. The van der Waals surface area contributed by atoms with Crippen LogP contribution in [-0.4, -0.2) is 47.8 Å². The van der Waals surface area contributed by atoms with Crippen molar-refractivity contribution >= 4 is 23.2 Å². The molecule has 2 aliphatic rings. The van der Waals surface area contributed by atoms with Crippen molar-refractivity contribution in [2.24, 2.45) is 5.92 Å². The number of rotatable bonds is 5. The summed E-state index contributed by atoms with van der Waals surface area (Å²) in [6, 6.07) is -0.948. The molecule has 1 aromatic rings. The van der Waals surface area contributed by atoms with E-state index in [1.165, 1.54) is 11.3 Å². The molecule has 0 radical (unpaired) electrons. The molecule has 126 valence electrons. The second-order valence-corrected chi connectivity index (χ2v) is 6.73. The van der Waals surface area contributed by atoms with Crippen molar-refractivity contribution in [2.75, 3.05) is 19.8 Å². The topological polar surface area (TPSA) is 97.8 Å². The van der Waals surface area contributed by atoms with Gasteiger partial charge in [0.25, 0.3) is 5.91 Å². The van der Waals surface area contributed by atoms with E-state index in [-0.39, 0.29) is 17.7 Å². The van der Waals surface area contributed by atoms with Crippen molar-refractivity contribution < 1.29 is 24.2 Å². The number of aliphatic carboxylic acids is 1. The normalized spacial score (nSPS) is 25.9. The fraction of sp³-hybridized carbons (Fsp3) is 0.667. The van der Waals surface area contributed by atoms with Crippen LogP contribution in [0.15, 0.2) is 5.38 Å². The molecule has 1 aromatic heterocycles. The third-order valence-electron chi connectivity index (χ3n) is 4.18. The number of nitrogens with one attached hydrogen (secondary N) is 1. The molecule has 2 aliphatic heterocycles. The number of thiazole rings is 1. The second-order valence-electron chi connectivity index (χ2n) is 5.84. The number of nitrogens with zero attached hydrogens (tertiary/aromatic N) is 1. The molecule has 2 saturated heterocycles. The first-order valence-electron chi connectivity index (χ1n) is 7.83. The highest BCUT2D eigenvalue weighted by Gasteiger charge is 2.32. The lowest BCUT2D eigenvalue weighted by Crippen LogP contribution is -2.48. The van der Waals surface area contributed by atoms with E-state index in [1.807, 2.05) is 0 Å². The molecule has 0 aliphatic carbocycles. The Kier molecular flexibility index (Phi) is 5.24. The molecule has 3 heterocycles. The van der Waals surface area contributed by atoms with Gasteiger partial charge in [0.1, 0.15) is 22.8 Å². The van der Waals surface area contributed by atoms with Crippen LogP contribution < -0.4 is 5.32 Å². The molecule has 2 fully saturated rings. The van der Waals surface area contributed by atoms with Gasteiger partial charge in [-0.3, -0.25) is 4.79 Å². The van der Waals surface area contributed by atoms with Gasteiger partial charge in [-0.1, -0.05) is 0 Å². The molecule has 2 N–H and O–H groups in total. The molecule has 3 atom stereocenters. The van der Waals surface area contributed by atoms with Gasteiger partial charge in [-0.05, 0) is 25.7 Å². The number of carbonyl (C=O) groups is 2. The van der Waals surface area contributed by atoms with E-state index < -0.39 is 17.9 Å². The summed E-state index contributed by atoms with van der Waals surface area (Å²) < 4.78 is 10.9. The van der Waals surface area contributed by atoms with Gasteiger partial charge in [0.2, 0.25) is 0 Å². The Balaban J connectivity index is 1.65. The van der Waals surface area contributed by atoms with Crippen molar-refractivity contribution in [3.05, 3.63) is 16.1 Å². The highest BCUT2D eigenvalue weighted by Crippen LogP contribution is 2.30. The zero-order chi connectivity index (χ0) is 16.2. The summed E-state index contributed by atoms with van der Waals surface area (Å²) >= 11 is 1.38. The lowest BCUT2D eigenvalue weighted by molar-refractivity contribution is -0.142. The van der Waals surface area contributed by atoms with Gasteiger partial charge in [0.15, 0.2) is 0 Å². The predicted octanol–water partition coefficient (Wildman–Crippen LogP) is 1.60. The molecular weight excluding hydrogens is 320 g/mol. The quantitative estimate of drug-likeness (QED) is 0.845. The molecule has 0 aromatic carbocycles. The summed E-state index contributed by atoms with van der Waals surface area (Å²) in [4.78, 5) is 28.1. The molecular formula is C15H20N2O5S. The highest BCUT2D eigenvalue weighted by atomic mass is 32.1. The monoisotopic (exact) mass is 340 g/mol. The first-order valence-corrected chi connectivity index (χ1v) is 8.71. The standard InChI is InChI=1S/C15H20N2O5S/c18-13(10-8-23-14(16-10)11-4-2-6-22-11)17-12(15(19)20)9-3-1-5-21-7-9/h8-9,11-12H,1-7H2,(H,17,18)(H,19,20)/t9-,11+,12+/m1/s1. The number of hydrogen-bond donors (Lipinski definition) is 2. The van der Waals surface area contributed by atoms with Gasteiger partial charge in [0, 0.05) is 24.5 Å². The molecule has 8 heteroatoms. The van der Waals surface area contributed by atoms with E-state index in [0.29, 0.717) is 19.8 Å². The maximum atomic E-state index is 12.3. The summed E-state index contributed by atoms with van der Waals surface area (Å²) in [5.41, 5.74) is 0.253. The Bertz CT molecular complexity index is 564. The van der Waals surface area contributed by atoms with Gasteiger partial charge < -0.3 is 19.9 Å². The number of carboxylic acids is 1. The fourth-order valence-corrected chi connectivity index (χ4v) is 3.82. The van der Waals surface area contributed by atoms with Crippen LogP contribution in [0.5, 0.6) is 0 Å². The molecule has 0 unspecified atom stereocenters. The van der Waals surface area contributed by atoms with Gasteiger partial charge >= 0.3 is 5.97 Å². The van der Waals surface area contributed by atoms with Crippen molar-refractivity contribution in [1.29, 1.82) is 0 Å². The first-order chi connectivity index (χ1) is 11.1. The van der Waals surface area contributed by atoms with E-state index in [9.17, 15) is 14.7 Å². The summed E-state index contributed by atoms with van der Waals surface area (Å²) in [6.07, 6.45) is 3.41. The lowest BCUT2D eigenvalue weighted by atomic mass is 9.93. The summed E-state index contributed by atoms with van der Waals surface area (Å²) in [5, 5.41) is 14.4. The van der Waals surface area contributed by atoms with Crippen LogP contribution in [0.2, 0.25) is 0 Å². The minimum Gasteiger partial charge on any atom is -0.480 e. The van der Waals surface area contributed by atoms with Crippen LogP contribution in [0.3, 0.4) is 0 Å². The third-order valence-corrected chi connectivity index (χ3v) is 5.12. The van der Waals surface area contributed by atoms with Crippen molar-refractivity contribution in [3.63, 3.8) is 0 Å². The Morgan fingerprint density at radius 2 is 2.17 bits per heavy atom. The number of aromatic nitrogens is 1. The predicted molar refractivity (Wildman–Crippen MR) is 82.5 cm³/mol. The molecule has 0 spiro atoms. The SMILES string of the molecule is O=C(N[C@H](C(=O)O)[C@@H]1CCCOC1)c1csc([C@@H]2CCCO2)n1. The highest BCUT2D eigenvalue weighted by molar-refractivity contribution is 7.09. The van der Waals surface area contributed by atoms with Crippen LogP contribution in [-0.2, 0) is 14.3 Å². The third kappa shape index (κ3) is 3.88. The van der Waals surface area contributed by atoms with Crippen LogP contribution in [0.25, 0.3) is 0 Å². The number of carboxylic acid groups (broad SMARTS) is 1. The van der Waals surface area contributed by atoms with E-state index in [4.69, 9.17) is 9.47 Å². The zero-order valence-electron chi connectivity index (χ0n) is 12.7. The van der Waals surface area contributed by atoms with Crippen molar-refractivity contribution in [2.45, 2.75) is 37.8 Å². The van der Waals surface area contributed by atoms with Crippen molar-refractivity contribution in [3.8, 4) is 0 Å². The maximum absolute atomic E-state index is 12.3. The van der Waals surface area contributed by atoms with E-state index in [2.05, 4.69) is 10.3 Å². The minimum absolute atomic E-state index is 0.0384. The number of carbonyl (C=O) groups excluding carboxylic acids is 1. The maximum Gasteiger partial charge on any atom is 0.326 e. The number of ether oxygens (including phenoxy) is 2. The lowest BCUT2D eigenvalue weighted by Gasteiger charge is -2.27. The van der Waals surface area contributed by atoms with E-state index in [0.717, 1.165) is 30.7 Å². The molecule has 1 amide bonds. The van der Waals surface area contributed by atoms with E-state index >= 15 is 0 Å². The fourth-order valence-electron chi connectivity index (χ4n) is 2.94. The summed E-state index contributed by atoms with van der Waals surface area (Å²) in [5.74, 6) is -1.70. The van der Waals surface area contributed by atoms with Crippen LogP contribution in [0.1, 0.15) is 47.3 Å². The number of amides is 1. The van der Waals surface area contributed by atoms with Crippen LogP contribution in [0.4, 0.5) is 0 Å². The van der Waals surface area contributed by atoms with Gasteiger partial charge in [-0.25, -0.2) is 9.78 Å². The average molecular weight is 340 g/mol. The Morgan fingerprint density at radius 1 is 1.35 bits per heavy atom. The average Bonchev–Trinajstić information content (AvgIpc) is 3.23. The Labute approximate surface area is 138 Å². The van der Waals surface area contributed by atoms with E-state index in [1.54, 1.807) is 5.38 Å². The van der Waals surface area contributed by atoms with Crippen molar-refractivity contribution in [1.82, 2.24) is 10.3 Å². The largest absolute Gasteiger partial charge is 0.480 e. The molecule has 0 saturated carbocycles. The Morgan fingerprint density at radius 3 is 2.83 bits per heavy atom. The van der Waals surface area contributed by atoms with Gasteiger partial charge in [0.05, 0.1) is 6.61 Å². The van der Waals surface area contributed by atoms with Crippen LogP contribution in [0, 0.1) is 5.92 Å². The molecule has 0 bridgehead atoms. The smallest absolute Gasteiger partial charge is 0.326 e. The summed E-state index contributed by atoms with van der Waals surface area (Å²) in [7, 11) is 0. The Hall–Kier alpha value is -1.51. The summed E-state index contributed by atoms with van der Waals surface area (Å²) in [6.45, 7) is 1.72. The second kappa shape index (κ2) is 7.37.